The second kappa shape index (κ2) is 7.72. The first kappa shape index (κ1) is 17.5. The third-order valence-corrected chi connectivity index (χ3v) is 3.96. The van der Waals surface area contributed by atoms with Crippen LogP contribution in [0.1, 0.15) is 25.3 Å². The third kappa shape index (κ3) is 3.85. The van der Waals surface area contributed by atoms with Crippen LogP contribution in [0.2, 0.25) is 0 Å². The summed E-state index contributed by atoms with van der Waals surface area (Å²) in [6, 6.07) is 6.12. The molecule has 1 fully saturated rings. The molecule has 2 aromatic rings. The lowest BCUT2D eigenvalue weighted by Crippen LogP contribution is -2.36. The maximum absolute atomic E-state index is 12.1. The van der Waals surface area contributed by atoms with Crippen molar-refractivity contribution in [3.63, 3.8) is 0 Å². The molecule has 0 bridgehead atoms. The number of carbonyl (C=O) groups is 3. The van der Waals surface area contributed by atoms with Gasteiger partial charge < -0.3 is 10.6 Å². The highest BCUT2D eigenvalue weighted by molar-refractivity contribution is 6.05. The zero-order valence-corrected chi connectivity index (χ0v) is 14.2. The SMILES string of the molecule is CCCN1C(=O)NC(CC(=O)NCc2cccc(-c3nn[nH]n3)c2)C1=O. The monoisotopic (exact) mass is 357 g/mol. The number of urea groups is 1. The van der Waals surface area contributed by atoms with Gasteiger partial charge in [-0.3, -0.25) is 14.5 Å². The Balaban J connectivity index is 1.54. The number of amides is 4. The van der Waals surface area contributed by atoms with E-state index in [1.54, 1.807) is 0 Å². The van der Waals surface area contributed by atoms with Gasteiger partial charge in [0.25, 0.3) is 5.91 Å². The van der Waals surface area contributed by atoms with E-state index in [1.807, 2.05) is 31.2 Å². The quantitative estimate of drug-likeness (QED) is 0.607. The number of imide groups is 1. The molecule has 1 aromatic carbocycles. The zero-order chi connectivity index (χ0) is 18.5. The first-order chi connectivity index (χ1) is 12.6. The van der Waals surface area contributed by atoms with Crippen molar-refractivity contribution in [2.45, 2.75) is 32.4 Å². The first-order valence-corrected chi connectivity index (χ1v) is 8.29. The molecule has 1 saturated heterocycles. The summed E-state index contributed by atoms with van der Waals surface area (Å²) in [5, 5.41) is 19.0. The van der Waals surface area contributed by atoms with Gasteiger partial charge in [0.1, 0.15) is 6.04 Å². The number of carbonyl (C=O) groups excluding carboxylic acids is 3. The van der Waals surface area contributed by atoms with Crippen LogP contribution in [0.4, 0.5) is 4.79 Å². The number of nitrogens with one attached hydrogen (secondary N) is 3. The van der Waals surface area contributed by atoms with E-state index >= 15 is 0 Å². The number of nitrogens with zero attached hydrogens (tertiary/aromatic N) is 4. The van der Waals surface area contributed by atoms with E-state index in [2.05, 4.69) is 31.3 Å². The molecule has 1 aliphatic rings. The number of tetrazole rings is 1. The zero-order valence-electron chi connectivity index (χ0n) is 14.2. The number of aromatic nitrogens is 4. The Morgan fingerprint density at radius 2 is 2.19 bits per heavy atom. The fraction of sp³-hybridized carbons (Fsp3) is 0.375. The van der Waals surface area contributed by atoms with E-state index in [0.717, 1.165) is 16.0 Å². The predicted molar refractivity (Wildman–Crippen MR) is 90.4 cm³/mol. The van der Waals surface area contributed by atoms with Crippen molar-refractivity contribution in [1.29, 1.82) is 0 Å². The van der Waals surface area contributed by atoms with Gasteiger partial charge in [-0.15, -0.1) is 10.2 Å². The Labute approximate surface area is 149 Å². The largest absolute Gasteiger partial charge is 0.352 e. The minimum absolute atomic E-state index is 0.0880. The molecule has 0 aliphatic carbocycles. The predicted octanol–water partition coefficient (Wildman–Crippen LogP) is 0.203. The Morgan fingerprint density at radius 1 is 1.35 bits per heavy atom. The van der Waals surface area contributed by atoms with Crippen LogP contribution in [-0.2, 0) is 16.1 Å². The van der Waals surface area contributed by atoms with Crippen LogP contribution in [0.3, 0.4) is 0 Å². The van der Waals surface area contributed by atoms with Crippen LogP contribution in [0.15, 0.2) is 24.3 Å². The van der Waals surface area contributed by atoms with Crippen molar-refractivity contribution < 1.29 is 14.4 Å². The third-order valence-electron chi connectivity index (χ3n) is 3.96. The summed E-state index contributed by atoms with van der Waals surface area (Å²) >= 11 is 0. The fourth-order valence-corrected chi connectivity index (χ4v) is 2.71. The Morgan fingerprint density at radius 3 is 2.92 bits per heavy atom. The topological polar surface area (TPSA) is 133 Å². The molecule has 4 amide bonds. The van der Waals surface area contributed by atoms with Crippen LogP contribution in [-0.4, -0.2) is 56.0 Å². The van der Waals surface area contributed by atoms with E-state index < -0.39 is 12.1 Å². The number of hydrogen-bond donors (Lipinski definition) is 3. The molecule has 3 rings (SSSR count). The molecule has 2 heterocycles. The van der Waals surface area contributed by atoms with Crippen LogP contribution >= 0.6 is 0 Å². The molecule has 0 spiro atoms. The van der Waals surface area contributed by atoms with Crippen molar-refractivity contribution in [3.05, 3.63) is 29.8 Å². The van der Waals surface area contributed by atoms with Crippen molar-refractivity contribution >= 4 is 17.8 Å². The second-order valence-electron chi connectivity index (χ2n) is 5.91. The smallest absolute Gasteiger partial charge is 0.324 e. The van der Waals surface area contributed by atoms with E-state index in [0.29, 0.717) is 18.8 Å². The van der Waals surface area contributed by atoms with Crippen molar-refractivity contribution in [2.75, 3.05) is 6.54 Å². The molecule has 1 unspecified atom stereocenters. The van der Waals surface area contributed by atoms with Gasteiger partial charge >= 0.3 is 6.03 Å². The van der Waals surface area contributed by atoms with Gasteiger partial charge in [-0.1, -0.05) is 25.1 Å². The molecule has 1 aromatic heterocycles. The fourth-order valence-electron chi connectivity index (χ4n) is 2.71. The summed E-state index contributed by atoms with van der Waals surface area (Å²) in [4.78, 5) is 37.1. The van der Waals surface area contributed by atoms with Crippen LogP contribution < -0.4 is 10.6 Å². The van der Waals surface area contributed by atoms with Gasteiger partial charge in [-0.05, 0) is 23.3 Å². The molecule has 3 N–H and O–H groups in total. The summed E-state index contributed by atoms with van der Waals surface area (Å²) in [5.41, 5.74) is 1.63. The van der Waals surface area contributed by atoms with Crippen LogP contribution in [0, 0.1) is 0 Å². The molecule has 136 valence electrons. The first-order valence-electron chi connectivity index (χ1n) is 8.29. The van der Waals surface area contributed by atoms with Crippen LogP contribution in [0.25, 0.3) is 11.4 Å². The summed E-state index contributed by atoms with van der Waals surface area (Å²) in [6.45, 7) is 2.52. The van der Waals surface area contributed by atoms with Crippen LogP contribution in [0.5, 0.6) is 0 Å². The number of benzene rings is 1. The van der Waals surface area contributed by atoms with Gasteiger partial charge in [0.15, 0.2) is 0 Å². The molecule has 10 nitrogen and oxygen atoms in total. The van der Waals surface area contributed by atoms with E-state index in [-0.39, 0.29) is 24.8 Å². The summed E-state index contributed by atoms with van der Waals surface area (Å²) in [6.07, 6.45) is 0.587. The minimum atomic E-state index is -0.806. The highest BCUT2D eigenvalue weighted by atomic mass is 16.2. The molecule has 10 heteroatoms. The maximum Gasteiger partial charge on any atom is 0.324 e. The minimum Gasteiger partial charge on any atom is -0.352 e. The molecular formula is C16H19N7O3. The highest BCUT2D eigenvalue weighted by Crippen LogP contribution is 2.15. The van der Waals surface area contributed by atoms with E-state index in [4.69, 9.17) is 0 Å². The van der Waals surface area contributed by atoms with Crippen molar-refractivity contribution in [3.8, 4) is 11.4 Å². The van der Waals surface area contributed by atoms with Gasteiger partial charge in [-0.2, -0.15) is 5.21 Å². The number of aromatic amines is 1. The van der Waals surface area contributed by atoms with Crippen molar-refractivity contribution in [2.24, 2.45) is 0 Å². The van der Waals surface area contributed by atoms with Gasteiger partial charge in [0, 0.05) is 18.7 Å². The van der Waals surface area contributed by atoms with Crippen molar-refractivity contribution in [1.82, 2.24) is 36.2 Å². The summed E-state index contributed by atoms with van der Waals surface area (Å²) in [7, 11) is 0. The maximum atomic E-state index is 12.1. The number of hydrogen-bond acceptors (Lipinski definition) is 6. The normalized spacial score (nSPS) is 16.7. The lowest BCUT2D eigenvalue weighted by Gasteiger charge is -2.11. The van der Waals surface area contributed by atoms with Gasteiger partial charge in [-0.25, -0.2) is 4.79 Å². The highest BCUT2D eigenvalue weighted by Gasteiger charge is 2.38. The summed E-state index contributed by atoms with van der Waals surface area (Å²) < 4.78 is 0. The number of rotatable bonds is 7. The van der Waals surface area contributed by atoms with E-state index in [9.17, 15) is 14.4 Å². The summed E-state index contributed by atoms with van der Waals surface area (Å²) in [5.74, 6) is -0.202. The number of H-pyrrole nitrogens is 1. The standard InChI is InChI=1S/C16H19N7O3/c1-2-6-23-15(25)12(18-16(23)26)8-13(24)17-9-10-4-3-5-11(7-10)14-19-21-22-20-14/h3-5,7,12H,2,6,8-9H2,1H3,(H,17,24)(H,18,26)(H,19,20,21,22). The molecule has 1 aliphatic heterocycles. The Kier molecular flexibility index (Phi) is 5.20. The average Bonchev–Trinajstić information content (AvgIpc) is 3.26. The molecule has 26 heavy (non-hydrogen) atoms. The lowest BCUT2D eigenvalue weighted by molar-refractivity contribution is -0.130. The van der Waals surface area contributed by atoms with Gasteiger partial charge in [0.2, 0.25) is 11.7 Å². The van der Waals surface area contributed by atoms with Gasteiger partial charge in [0.05, 0.1) is 6.42 Å². The molecular weight excluding hydrogens is 338 g/mol. The molecule has 1 atom stereocenters. The molecule has 0 saturated carbocycles. The Hall–Kier alpha value is -3.30. The Bertz CT molecular complexity index is 806. The second-order valence-corrected chi connectivity index (χ2v) is 5.91. The molecule has 0 radical (unpaired) electrons. The average molecular weight is 357 g/mol. The van der Waals surface area contributed by atoms with E-state index in [1.165, 1.54) is 0 Å². The lowest BCUT2D eigenvalue weighted by atomic mass is 10.1.